The van der Waals surface area contributed by atoms with E-state index in [9.17, 15) is 13.2 Å². The van der Waals surface area contributed by atoms with E-state index >= 15 is 0 Å². The van der Waals surface area contributed by atoms with Crippen LogP contribution in [-0.4, -0.2) is 19.9 Å². The molecule has 1 atom stereocenters. The first-order valence-electron chi connectivity index (χ1n) is 4.91. The first-order chi connectivity index (χ1) is 8.79. The molecule has 0 amide bonds. The molecule has 19 heavy (non-hydrogen) atoms. The van der Waals surface area contributed by atoms with Gasteiger partial charge in [0.15, 0.2) is 5.92 Å². The van der Waals surface area contributed by atoms with Crippen LogP contribution in [0.15, 0.2) is 21.1 Å². The summed E-state index contributed by atoms with van der Waals surface area (Å²) in [6.07, 6.45) is -4.61. The third-order valence-electron chi connectivity index (χ3n) is 2.16. The van der Waals surface area contributed by atoms with Gasteiger partial charge in [-0.15, -0.1) is 0 Å². The number of alkyl halides is 3. The fourth-order valence-corrected chi connectivity index (χ4v) is 2.08. The van der Waals surface area contributed by atoms with Crippen LogP contribution < -0.4 is 9.47 Å². The number of nitrogens with zero attached hydrogens (tertiary/aromatic N) is 1. The molecule has 1 unspecified atom stereocenters. The number of halogens is 5. The van der Waals surface area contributed by atoms with Crippen molar-refractivity contribution < 1.29 is 22.6 Å². The number of benzene rings is 1. The zero-order valence-electron chi connectivity index (χ0n) is 9.59. The second-order valence-electron chi connectivity index (χ2n) is 3.45. The lowest BCUT2D eigenvalue weighted by Gasteiger charge is -2.15. The van der Waals surface area contributed by atoms with Gasteiger partial charge in [0.2, 0.25) is 0 Å². The molecule has 0 aliphatic heterocycles. The number of ether oxygens (including phenoxy) is 2. The second-order valence-corrected chi connectivity index (χ2v) is 5.16. The molecule has 0 bridgehead atoms. The van der Waals surface area contributed by atoms with E-state index in [2.05, 4.69) is 31.9 Å². The highest BCUT2D eigenvalue weighted by Crippen LogP contribution is 2.36. The smallest absolute Gasteiger partial charge is 0.407 e. The van der Waals surface area contributed by atoms with Crippen molar-refractivity contribution in [1.82, 2.24) is 0 Å². The average Bonchev–Trinajstić information content (AvgIpc) is 2.31. The Balaban J connectivity index is 2.84. The molecular formula is C11H8Br2F3NO2. The molecular weight excluding hydrogens is 395 g/mol. The maximum absolute atomic E-state index is 12.4. The molecule has 1 rings (SSSR count). The summed E-state index contributed by atoms with van der Waals surface area (Å²) in [5, 5.41) is 8.45. The minimum absolute atomic E-state index is 0.192. The van der Waals surface area contributed by atoms with Gasteiger partial charge in [-0.2, -0.15) is 18.4 Å². The SMILES string of the molecule is COc1cc(Br)c(OCC(C#N)C(F)(F)F)cc1Br. The van der Waals surface area contributed by atoms with Gasteiger partial charge >= 0.3 is 6.18 Å². The van der Waals surface area contributed by atoms with Crippen LogP contribution in [0.5, 0.6) is 11.5 Å². The van der Waals surface area contributed by atoms with E-state index in [1.807, 2.05) is 0 Å². The Kier molecular flexibility index (Phi) is 5.50. The van der Waals surface area contributed by atoms with Crippen molar-refractivity contribution >= 4 is 31.9 Å². The van der Waals surface area contributed by atoms with Crippen molar-refractivity contribution in [3.8, 4) is 17.6 Å². The standard InChI is InChI=1S/C11H8Br2F3NO2/c1-18-9-2-8(13)10(3-7(9)12)19-5-6(4-17)11(14,15)16/h2-3,6H,5H2,1H3. The van der Waals surface area contributed by atoms with Crippen molar-refractivity contribution in [3.63, 3.8) is 0 Å². The lowest BCUT2D eigenvalue weighted by Crippen LogP contribution is -2.27. The van der Waals surface area contributed by atoms with Crippen LogP contribution in [0.2, 0.25) is 0 Å². The van der Waals surface area contributed by atoms with Gasteiger partial charge in [0, 0.05) is 0 Å². The van der Waals surface area contributed by atoms with E-state index in [1.165, 1.54) is 19.2 Å². The summed E-state index contributed by atoms with van der Waals surface area (Å²) < 4.78 is 48.1. The molecule has 3 nitrogen and oxygen atoms in total. The van der Waals surface area contributed by atoms with Gasteiger partial charge < -0.3 is 9.47 Å². The van der Waals surface area contributed by atoms with Gasteiger partial charge in [-0.1, -0.05) is 0 Å². The minimum Gasteiger partial charge on any atom is -0.496 e. The number of hydrogen-bond donors (Lipinski definition) is 0. The molecule has 0 radical (unpaired) electrons. The van der Waals surface area contributed by atoms with Gasteiger partial charge in [0.1, 0.15) is 18.1 Å². The van der Waals surface area contributed by atoms with Crippen molar-refractivity contribution in [2.24, 2.45) is 5.92 Å². The van der Waals surface area contributed by atoms with Crippen LogP contribution >= 0.6 is 31.9 Å². The minimum atomic E-state index is -4.61. The summed E-state index contributed by atoms with van der Waals surface area (Å²) in [5.74, 6) is -1.47. The summed E-state index contributed by atoms with van der Waals surface area (Å²) in [6.45, 7) is -0.766. The van der Waals surface area contributed by atoms with Crippen LogP contribution in [-0.2, 0) is 0 Å². The third kappa shape index (κ3) is 4.28. The van der Waals surface area contributed by atoms with E-state index in [0.717, 1.165) is 0 Å². The molecule has 0 fully saturated rings. The predicted octanol–water partition coefficient (Wildman–Crippen LogP) is 4.30. The van der Waals surface area contributed by atoms with E-state index in [1.54, 1.807) is 6.07 Å². The molecule has 0 aromatic heterocycles. The van der Waals surface area contributed by atoms with Gasteiger partial charge in [0.25, 0.3) is 0 Å². The molecule has 1 aromatic carbocycles. The molecule has 0 N–H and O–H groups in total. The summed E-state index contributed by atoms with van der Waals surface area (Å²) >= 11 is 6.35. The van der Waals surface area contributed by atoms with Crippen LogP contribution in [0, 0.1) is 17.2 Å². The maximum Gasteiger partial charge on any atom is 0.407 e. The monoisotopic (exact) mass is 401 g/mol. The van der Waals surface area contributed by atoms with Crippen molar-refractivity contribution in [2.75, 3.05) is 13.7 Å². The second kappa shape index (κ2) is 6.48. The quantitative estimate of drug-likeness (QED) is 0.753. The van der Waals surface area contributed by atoms with Crippen LogP contribution in [0.3, 0.4) is 0 Å². The average molecular weight is 403 g/mol. The van der Waals surface area contributed by atoms with E-state index in [-0.39, 0.29) is 5.75 Å². The zero-order valence-corrected chi connectivity index (χ0v) is 12.8. The van der Waals surface area contributed by atoms with Gasteiger partial charge in [-0.05, 0) is 44.0 Å². The normalized spacial score (nSPS) is 12.7. The Hall–Kier alpha value is -0.940. The maximum atomic E-state index is 12.4. The Morgan fingerprint density at radius 3 is 2.26 bits per heavy atom. The van der Waals surface area contributed by atoms with E-state index in [4.69, 9.17) is 14.7 Å². The summed E-state index contributed by atoms with van der Waals surface area (Å²) in [4.78, 5) is 0. The Morgan fingerprint density at radius 2 is 1.79 bits per heavy atom. The van der Waals surface area contributed by atoms with Gasteiger partial charge in [-0.3, -0.25) is 0 Å². The fraction of sp³-hybridized carbons (Fsp3) is 0.364. The highest BCUT2D eigenvalue weighted by molar-refractivity contribution is 9.11. The van der Waals surface area contributed by atoms with Gasteiger partial charge in [-0.25, -0.2) is 0 Å². The Morgan fingerprint density at radius 1 is 1.26 bits per heavy atom. The summed E-state index contributed by atoms with van der Waals surface area (Å²) in [5.41, 5.74) is 0. The molecule has 104 valence electrons. The largest absolute Gasteiger partial charge is 0.496 e. The predicted molar refractivity (Wildman–Crippen MR) is 69.0 cm³/mol. The van der Waals surface area contributed by atoms with Crippen LogP contribution in [0.4, 0.5) is 13.2 Å². The molecule has 0 aliphatic carbocycles. The lowest BCUT2D eigenvalue weighted by molar-refractivity contribution is -0.165. The van der Waals surface area contributed by atoms with Crippen LogP contribution in [0.25, 0.3) is 0 Å². The molecule has 0 saturated heterocycles. The van der Waals surface area contributed by atoms with Crippen LogP contribution in [0.1, 0.15) is 0 Å². The molecule has 0 spiro atoms. The molecule has 0 saturated carbocycles. The summed E-state index contributed by atoms with van der Waals surface area (Å²) in [7, 11) is 1.46. The van der Waals surface area contributed by atoms with E-state index in [0.29, 0.717) is 14.7 Å². The number of nitriles is 1. The molecule has 0 aliphatic rings. The fourth-order valence-electron chi connectivity index (χ4n) is 1.16. The van der Waals surface area contributed by atoms with E-state index < -0.39 is 18.7 Å². The van der Waals surface area contributed by atoms with Gasteiger partial charge in [0.05, 0.1) is 22.1 Å². The highest BCUT2D eigenvalue weighted by Gasteiger charge is 2.40. The molecule has 8 heteroatoms. The number of methoxy groups -OCH3 is 1. The first-order valence-corrected chi connectivity index (χ1v) is 6.50. The number of rotatable bonds is 4. The van der Waals surface area contributed by atoms with Crippen molar-refractivity contribution in [2.45, 2.75) is 6.18 Å². The van der Waals surface area contributed by atoms with Crippen molar-refractivity contribution in [3.05, 3.63) is 21.1 Å². The topological polar surface area (TPSA) is 42.2 Å². The van der Waals surface area contributed by atoms with Crippen molar-refractivity contribution in [1.29, 1.82) is 5.26 Å². The Labute approximate surface area is 124 Å². The number of hydrogen-bond acceptors (Lipinski definition) is 3. The lowest BCUT2D eigenvalue weighted by atomic mass is 10.2. The Bertz CT molecular complexity index is 500. The molecule has 0 heterocycles. The highest BCUT2D eigenvalue weighted by atomic mass is 79.9. The third-order valence-corrected chi connectivity index (χ3v) is 3.40. The summed E-state index contributed by atoms with van der Waals surface area (Å²) in [6, 6.07) is 4.18. The molecule has 1 aromatic rings. The first kappa shape index (κ1) is 16.1. The zero-order chi connectivity index (χ0) is 14.6.